The van der Waals surface area contributed by atoms with Gasteiger partial charge in [-0.15, -0.1) is 4.36 Å². The minimum absolute atomic E-state index is 0.0102. The number of carbonyl (C=O) groups excluding carboxylic acids is 1. The number of hydrogen-bond donors (Lipinski definition) is 2. The molecule has 0 fully saturated rings. The van der Waals surface area contributed by atoms with Gasteiger partial charge in [-0.1, -0.05) is 13.8 Å². The van der Waals surface area contributed by atoms with Crippen LogP contribution in [0.15, 0.2) is 21.5 Å². The number of nitrogens with one attached hydrogen (secondary N) is 1. The summed E-state index contributed by atoms with van der Waals surface area (Å²) in [6.07, 6.45) is 4.24. The predicted molar refractivity (Wildman–Crippen MR) is 107 cm³/mol. The number of aromatic nitrogens is 2. The zero-order valence-corrected chi connectivity index (χ0v) is 17.2. The van der Waals surface area contributed by atoms with Crippen LogP contribution in [0, 0.1) is 5.82 Å². The summed E-state index contributed by atoms with van der Waals surface area (Å²) in [7, 11) is -3.55. The van der Waals surface area contributed by atoms with E-state index in [9.17, 15) is 13.4 Å². The van der Waals surface area contributed by atoms with E-state index >= 15 is 0 Å². The number of ether oxygens (including phenoxy) is 1. The number of hydrogen-bond acceptors (Lipinski definition) is 4. The van der Waals surface area contributed by atoms with Gasteiger partial charge in [0.05, 0.1) is 12.8 Å². The lowest BCUT2D eigenvalue weighted by atomic mass is 9.95. The Labute approximate surface area is 168 Å². The van der Waals surface area contributed by atoms with E-state index < -0.39 is 15.9 Å². The smallest absolute Gasteiger partial charge is 0.354 e. The Morgan fingerprint density at radius 1 is 1.38 bits per heavy atom. The lowest BCUT2D eigenvalue weighted by molar-refractivity contribution is 0.224. The second-order valence-corrected chi connectivity index (χ2v) is 9.38. The molecule has 1 aromatic carbocycles. The lowest BCUT2D eigenvalue weighted by Crippen LogP contribution is -2.21. The minimum Gasteiger partial charge on any atom is -0.477 e. The van der Waals surface area contributed by atoms with Gasteiger partial charge >= 0.3 is 6.03 Å². The van der Waals surface area contributed by atoms with Crippen LogP contribution in [-0.4, -0.2) is 26.6 Å². The summed E-state index contributed by atoms with van der Waals surface area (Å²) in [5, 5.41) is 12.7. The molecule has 0 saturated heterocycles. The highest BCUT2D eigenvalue weighted by molar-refractivity contribution is 7.91. The van der Waals surface area contributed by atoms with Gasteiger partial charge < -0.3 is 10.1 Å². The van der Waals surface area contributed by atoms with Gasteiger partial charge in [0.25, 0.3) is 0 Å². The summed E-state index contributed by atoms with van der Waals surface area (Å²) in [5.74, 6) is 0.0253. The maximum Gasteiger partial charge on any atom is 0.354 e. The van der Waals surface area contributed by atoms with Crippen LogP contribution >= 0.6 is 0 Å². The Hall–Kier alpha value is -2.46. The number of nitrogens with two attached hydrogens (primary N) is 1. The van der Waals surface area contributed by atoms with Crippen molar-refractivity contribution in [3.63, 3.8) is 0 Å². The third-order valence-electron chi connectivity index (χ3n) is 5.28. The van der Waals surface area contributed by atoms with E-state index in [1.165, 1.54) is 12.3 Å². The Morgan fingerprint density at radius 3 is 2.90 bits per heavy atom. The maximum atomic E-state index is 14.4. The SMILES string of the molecule is CC(C)c1cc(F)c2c(c1NC(=O)N=S(N)(=O)c1cnn3c1OCCC3)CCC2. The number of anilines is 1. The van der Waals surface area contributed by atoms with E-state index in [0.717, 1.165) is 18.4 Å². The van der Waals surface area contributed by atoms with Crippen molar-refractivity contribution in [3.8, 4) is 5.88 Å². The Morgan fingerprint density at radius 2 is 2.14 bits per heavy atom. The first-order chi connectivity index (χ1) is 13.8. The van der Waals surface area contributed by atoms with Crippen molar-refractivity contribution in [1.29, 1.82) is 0 Å². The van der Waals surface area contributed by atoms with Crippen molar-refractivity contribution in [3.05, 3.63) is 34.8 Å². The number of fused-ring (bicyclic) bond motifs is 2. The van der Waals surface area contributed by atoms with E-state index in [2.05, 4.69) is 14.8 Å². The quantitative estimate of drug-likeness (QED) is 0.791. The molecule has 1 unspecified atom stereocenters. The molecule has 4 rings (SSSR count). The molecule has 1 aromatic heterocycles. The Bertz CT molecular complexity index is 1100. The molecular formula is C19H24FN5O3S. The minimum atomic E-state index is -3.55. The summed E-state index contributed by atoms with van der Waals surface area (Å²) in [4.78, 5) is 12.8. The maximum absolute atomic E-state index is 14.4. The first-order valence-corrected chi connectivity index (χ1v) is 11.2. The first kappa shape index (κ1) is 19.8. The predicted octanol–water partition coefficient (Wildman–Crippen LogP) is 3.35. The van der Waals surface area contributed by atoms with Crippen LogP contribution in [-0.2, 0) is 29.3 Å². The highest BCUT2D eigenvalue weighted by Gasteiger charge is 2.26. The highest BCUT2D eigenvalue weighted by atomic mass is 32.2. The number of aryl methyl sites for hydroxylation is 1. The third-order valence-corrected chi connectivity index (χ3v) is 6.63. The molecule has 2 amide bonds. The summed E-state index contributed by atoms with van der Waals surface area (Å²) in [5.41, 5.74) is 2.64. The van der Waals surface area contributed by atoms with Gasteiger partial charge in [0, 0.05) is 18.7 Å². The van der Waals surface area contributed by atoms with Gasteiger partial charge in [-0.05, 0) is 47.9 Å². The number of urea groups is 1. The number of rotatable bonds is 3. The topological polar surface area (TPSA) is 112 Å². The average molecular weight is 421 g/mol. The molecule has 0 bridgehead atoms. The van der Waals surface area contributed by atoms with Crippen molar-refractivity contribution < 1.29 is 18.1 Å². The van der Waals surface area contributed by atoms with E-state index in [0.29, 0.717) is 42.8 Å². The fraction of sp³-hybridized carbons (Fsp3) is 0.474. The molecule has 8 nitrogen and oxygen atoms in total. The van der Waals surface area contributed by atoms with E-state index in [4.69, 9.17) is 9.88 Å². The zero-order chi connectivity index (χ0) is 20.8. The molecule has 1 aliphatic heterocycles. The molecule has 0 spiro atoms. The van der Waals surface area contributed by atoms with E-state index in [1.54, 1.807) is 4.68 Å². The number of amides is 2. The van der Waals surface area contributed by atoms with Crippen LogP contribution in [0.5, 0.6) is 5.88 Å². The summed E-state index contributed by atoms with van der Waals surface area (Å²) < 4.78 is 38.2. The number of nitrogens with zero attached hydrogens (tertiary/aromatic N) is 3. The molecule has 2 aliphatic rings. The van der Waals surface area contributed by atoms with Crippen molar-refractivity contribution >= 4 is 21.6 Å². The van der Waals surface area contributed by atoms with Gasteiger partial charge in [-0.3, -0.25) is 0 Å². The third kappa shape index (κ3) is 3.62. The molecule has 10 heteroatoms. The van der Waals surface area contributed by atoms with Crippen LogP contribution in [0.2, 0.25) is 0 Å². The molecule has 2 aromatic rings. The van der Waals surface area contributed by atoms with E-state index in [1.807, 2.05) is 13.8 Å². The summed E-state index contributed by atoms with van der Waals surface area (Å²) in [6, 6.07) is 0.627. The normalized spacial score (nSPS) is 17.3. The lowest BCUT2D eigenvalue weighted by Gasteiger charge is -2.18. The Balaban J connectivity index is 1.69. The molecule has 1 atom stereocenters. The Kier molecular flexibility index (Phi) is 5.07. The largest absolute Gasteiger partial charge is 0.477 e. The monoisotopic (exact) mass is 421 g/mol. The van der Waals surface area contributed by atoms with Gasteiger partial charge in [0.15, 0.2) is 9.92 Å². The molecule has 0 radical (unpaired) electrons. The number of carbonyl (C=O) groups is 1. The standard InChI is InChI=1S/C19H24FN5O3S/c1-11(2)14-9-15(20)12-5-3-6-13(12)17(14)23-19(26)24-29(21,27)16-10-22-25-7-4-8-28-18(16)25/h9-11H,3-8H2,1-2H3,(H3,21,23,24,26,27). The fourth-order valence-electron chi connectivity index (χ4n) is 3.90. The van der Waals surface area contributed by atoms with Gasteiger partial charge in [0.1, 0.15) is 10.7 Å². The molecule has 3 N–H and O–H groups in total. The summed E-state index contributed by atoms with van der Waals surface area (Å²) in [6.45, 7) is 4.92. The van der Waals surface area contributed by atoms with Crippen LogP contribution < -0.4 is 15.2 Å². The van der Waals surface area contributed by atoms with Crippen molar-refractivity contribution in [2.24, 2.45) is 9.50 Å². The summed E-state index contributed by atoms with van der Waals surface area (Å²) >= 11 is 0. The fourth-order valence-corrected chi connectivity index (χ4v) is 4.91. The van der Waals surface area contributed by atoms with Crippen molar-refractivity contribution in [2.45, 2.75) is 56.9 Å². The van der Waals surface area contributed by atoms with Crippen LogP contribution in [0.1, 0.15) is 49.3 Å². The van der Waals surface area contributed by atoms with Gasteiger partial charge in [0.2, 0.25) is 5.88 Å². The molecule has 156 valence electrons. The van der Waals surface area contributed by atoms with E-state index in [-0.39, 0.29) is 22.5 Å². The highest BCUT2D eigenvalue weighted by Crippen LogP contribution is 2.37. The molecule has 1 aliphatic carbocycles. The average Bonchev–Trinajstić information content (AvgIpc) is 3.30. The molecule has 29 heavy (non-hydrogen) atoms. The van der Waals surface area contributed by atoms with Crippen LogP contribution in [0.4, 0.5) is 14.9 Å². The van der Waals surface area contributed by atoms with Crippen LogP contribution in [0.25, 0.3) is 0 Å². The number of benzene rings is 1. The first-order valence-electron chi connectivity index (χ1n) is 9.66. The van der Waals surface area contributed by atoms with Crippen molar-refractivity contribution in [1.82, 2.24) is 9.78 Å². The van der Waals surface area contributed by atoms with Gasteiger partial charge in [-0.25, -0.2) is 23.2 Å². The molecular weight excluding hydrogens is 397 g/mol. The number of halogens is 1. The second kappa shape index (κ2) is 7.42. The van der Waals surface area contributed by atoms with Crippen molar-refractivity contribution in [2.75, 3.05) is 11.9 Å². The second-order valence-electron chi connectivity index (χ2n) is 7.62. The van der Waals surface area contributed by atoms with Gasteiger partial charge in [-0.2, -0.15) is 5.10 Å². The zero-order valence-electron chi connectivity index (χ0n) is 16.4. The molecule has 2 heterocycles. The van der Waals surface area contributed by atoms with Crippen LogP contribution in [0.3, 0.4) is 0 Å². The molecule has 0 saturated carbocycles.